The van der Waals surface area contributed by atoms with Gasteiger partial charge in [-0.15, -0.1) is 11.8 Å². The van der Waals surface area contributed by atoms with E-state index >= 15 is 0 Å². The van der Waals surface area contributed by atoms with Gasteiger partial charge in [-0.05, 0) is 25.0 Å². The highest BCUT2D eigenvalue weighted by Crippen LogP contribution is 2.24. The number of hydrogen-bond acceptors (Lipinski definition) is 4. The highest BCUT2D eigenvalue weighted by atomic mass is 32.2. The third-order valence-corrected chi connectivity index (χ3v) is 5.53. The van der Waals surface area contributed by atoms with Gasteiger partial charge in [0.25, 0.3) is 0 Å². The molecule has 2 aromatic carbocycles. The molecule has 3 rings (SSSR count). The molecule has 0 saturated heterocycles. The molecule has 0 spiro atoms. The fourth-order valence-corrected chi connectivity index (χ4v) is 4.03. The lowest BCUT2D eigenvalue weighted by Crippen LogP contribution is -2.30. The lowest BCUT2D eigenvalue weighted by Gasteiger charge is -2.19. The summed E-state index contributed by atoms with van der Waals surface area (Å²) in [6, 6.07) is 20.6. The van der Waals surface area contributed by atoms with Crippen LogP contribution in [0, 0.1) is 13.8 Å². The second-order valence-corrected chi connectivity index (χ2v) is 7.46. The Bertz CT molecular complexity index is 804. The number of amides is 1. The molecule has 0 aliphatic carbocycles. The molecular weight excluding hydrogens is 356 g/mol. The van der Waals surface area contributed by atoms with E-state index in [-0.39, 0.29) is 11.8 Å². The van der Waals surface area contributed by atoms with Crippen molar-refractivity contribution < 1.29 is 9.32 Å². The Morgan fingerprint density at radius 1 is 1.04 bits per heavy atom. The molecule has 0 bridgehead atoms. The standard InChI is InChI=1S/C22H24N2O2S/c1-16-21(17(2)26-24-16)14-27-15-22(25)23-13-20(18-9-5-3-6-10-18)19-11-7-4-8-12-19/h3-12,20H,13-15H2,1-2H3,(H,23,25). The van der Waals surface area contributed by atoms with Crippen molar-refractivity contribution in [3.05, 3.63) is 88.8 Å². The zero-order valence-electron chi connectivity index (χ0n) is 15.6. The van der Waals surface area contributed by atoms with Crippen LogP contribution in [0.15, 0.2) is 65.2 Å². The maximum atomic E-state index is 12.3. The van der Waals surface area contributed by atoms with Gasteiger partial charge in [0.15, 0.2) is 0 Å². The summed E-state index contributed by atoms with van der Waals surface area (Å²) >= 11 is 1.58. The Morgan fingerprint density at radius 3 is 2.15 bits per heavy atom. The lowest BCUT2D eigenvalue weighted by molar-refractivity contribution is -0.118. The van der Waals surface area contributed by atoms with Gasteiger partial charge in [0.2, 0.25) is 5.91 Å². The van der Waals surface area contributed by atoms with Crippen molar-refractivity contribution in [3.63, 3.8) is 0 Å². The quantitative estimate of drug-likeness (QED) is 0.626. The molecule has 0 unspecified atom stereocenters. The van der Waals surface area contributed by atoms with Crippen molar-refractivity contribution in [2.45, 2.75) is 25.5 Å². The first kappa shape index (κ1) is 19.2. The summed E-state index contributed by atoms with van der Waals surface area (Å²) < 4.78 is 5.17. The van der Waals surface area contributed by atoms with Gasteiger partial charge in [0, 0.05) is 23.8 Å². The van der Waals surface area contributed by atoms with E-state index in [1.165, 1.54) is 11.1 Å². The van der Waals surface area contributed by atoms with Crippen LogP contribution in [0.25, 0.3) is 0 Å². The molecule has 0 saturated carbocycles. The summed E-state index contributed by atoms with van der Waals surface area (Å²) in [5.41, 5.74) is 4.38. The molecule has 1 amide bonds. The van der Waals surface area contributed by atoms with Crippen molar-refractivity contribution in [1.29, 1.82) is 0 Å². The van der Waals surface area contributed by atoms with E-state index in [0.717, 1.165) is 22.8 Å². The summed E-state index contributed by atoms with van der Waals surface area (Å²) in [4.78, 5) is 12.3. The third-order valence-electron chi connectivity index (χ3n) is 4.57. The maximum Gasteiger partial charge on any atom is 0.230 e. The predicted octanol–water partition coefficient (Wildman–Crippen LogP) is 4.47. The van der Waals surface area contributed by atoms with Gasteiger partial charge in [-0.25, -0.2) is 0 Å². The van der Waals surface area contributed by atoms with E-state index in [1.54, 1.807) is 11.8 Å². The van der Waals surface area contributed by atoms with Crippen LogP contribution in [0.1, 0.15) is 34.1 Å². The van der Waals surface area contributed by atoms with Crippen molar-refractivity contribution in [1.82, 2.24) is 10.5 Å². The van der Waals surface area contributed by atoms with Gasteiger partial charge in [0.1, 0.15) is 5.76 Å². The molecule has 5 heteroatoms. The zero-order chi connectivity index (χ0) is 19.1. The van der Waals surface area contributed by atoms with Crippen LogP contribution in [0.4, 0.5) is 0 Å². The summed E-state index contributed by atoms with van der Waals surface area (Å²) in [5.74, 6) is 2.16. The largest absolute Gasteiger partial charge is 0.361 e. The van der Waals surface area contributed by atoms with Crippen molar-refractivity contribution in [2.24, 2.45) is 0 Å². The normalized spacial score (nSPS) is 10.9. The number of nitrogens with zero attached hydrogens (tertiary/aromatic N) is 1. The number of carbonyl (C=O) groups excluding carboxylic acids is 1. The van der Waals surface area contributed by atoms with Crippen molar-refractivity contribution in [2.75, 3.05) is 12.3 Å². The van der Waals surface area contributed by atoms with Gasteiger partial charge in [-0.1, -0.05) is 65.8 Å². The van der Waals surface area contributed by atoms with Crippen LogP contribution in [0.5, 0.6) is 0 Å². The summed E-state index contributed by atoms with van der Waals surface area (Å²) in [6.07, 6.45) is 0. The molecule has 4 nitrogen and oxygen atoms in total. The number of carbonyl (C=O) groups is 1. The van der Waals surface area contributed by atoms with E-state index in [2.05, 4.69) is 34.7 Å². The molecule has 0 aliphatic heterocycles. The highest BCUT2D eigenvalue weighted by molar-refractivity contribution is 7.99. The van der Waals surface area contributed by atoms with Gasteiger partial charge in [-0.2, -0.15) is 0 Å². The fourth-order valence-electron chi connectivity index (χ4n) is 3.02. The molecule has 0 aliphatic rings. The Morgan fingerprint density at radius 2 is 1.63 bits per heavy atom. The zero-order valence-corrected chi connectivity index (χ0v) is 16.5. The molecular formula is C22H24N2O2S. The monoisotopic (exact) mass is 380 g/mol. The van der Waals surface area contributed by atoms with Crippen molar-refractivity contribution in [3.8, 4) is 0 Å². The first-order valence-corrected chi connectivity index (χ1v) is 10.2. The molecule has 1 N–H and O–H groups in total. The minimum atomic E-state index is 0.0450. The topological polar surface area (TPSA) is 55.1 Å². The van der Waals surface area contributed by atoms with E-state index < -0.39 is 0 Å². The number of benzene rings is 2. The molecule has 1 aromatic heterocycles. The van der Waals surface area contributed by atoms with Gasteiger partial charge >= 0.3 is 0 Å². The molecule has 0 atom stereocenters. The summed E-state index contributed by atoms with van der Waals surface area (Å²) in [5, 5.41) is 7.04. The Balaban J connectivity index is 1.56. The van der Waals surface area contributed by atoms with E-state index in [1.807, 2.05) is 50.2 Å². The SMILES string of the molecule is Cc1noc(C)c1CSCC(=O)NCC(c1ccccc1)c1ccccc1. The van der Waals surface area contributed by atoms with Crippen LogP contribution < -0.4 is 5.32 Å². The van der Waals surface area contributed by atoms with E-state index in [0.29, 0.717) is 12.3 Å². The summed E-state index contributed by atoms with van der Waals surface area (Å²) in [6.45, 7) is 4.41. The molecule has 27 heavy (non-hydrogen) atoms. The number of aryl methyl sites for hydroxylation is 2. The minimum absolute atomic E-state index is 0.0450. The Labute approximate surface area is 164 Å². The first-order valence-electron chi connectivity index (χ1n) is 9.01. The second kappa shape index (κ2) is 9.42. The maximum absolute atomic E-state index is 12.3. The van der Waals surface area contributed by atoms with Crippen LogP contribution in [-0.2, 0) is 10.5 Å². The van der Waals surface area contributed by atoms with Crippen LogP contribution >= 0.6 is 11.8 Å². The predicted molar refractivity (Wildman–Crippen MR) is 110 cm³/mol. The number of nitrogens with one attached hydrogen (secondary N) is 1. The smallest absolute Gasteiger partial charge is 0.230 e. The van der Waals surface area contributed by atoms with Crippen LogP contribution in [0.3, 0.4) is 0 Å². The summed E-state index contributed by atoms with van der Waals surface area (Å²) in [7, 11) is 0. The Hall–Kier alpha value is -2.53. The van der Waals surface area contributed by atoms with Gasteiger partial charge in [-0.3, -0.25) is 4.79 Å². The second-order valence-electron chi connectivity index (χ2n) is 6.47. The molecule has 140 valence electrons. The number of rotatable bonds is 8. The molecule has 0 fully saturated rings. The van der Waals surface area contributed by atoms with Crippen LogP contribution in [-0.4, -0.2) is 23.4 Å². The average molecular weight is 381 g/mol. The number of thioether (sulfide) groups is 1. The van der Waals surface area contributed by atoms with Crippen LogP contribution in [0.2, 0.25) is 0 Å². The van der Waals surface area contributed by atoms with E-state index in [4.69, 9.17) is 4.52 Å². The third kappa shape index (κ3) is 5.23. The first-order chi connectivity index (χ1) is 13.1. The fraction of sp³-hybridized carbons (Fsp3) is 0.273. The molecule has 3 aromatic rings. The molecule has 1 heterocycles. The number of hydrogen-bond donors (Lipinski definition) is 1. The van der Waals surface area contributed by atoms with Gasteiger partial charge in [0.05, 0.1) is 11.4 Å². The highest BCUT2D eigenvalue weighted by Gasteiger charge is 2.15. The molecule has 0 radical (unpaired) electrons. The minimum Gasteiger partial charge on any atom is -0.361 e. The number of aromatic nitrogens is 1. The van der Waals surface area contributed by atoms with Gasteiger partial charge < -0.3 is 9.84 Å². The Kier molecular flexibility index (Phi) is 6.71. The van der Waals surface area contributed by atoms with E-state index in [9.17, 15) is 4.79 Å². The van der Waals surface area contributed by atoms with Crippen molar-refractivity contribution >= 4 is 17.7 Å². The average Bonchev–Trinajstić information content (AvgIpc) is 3.02. The lowest BCUT2D eigenvalue weighted by atomic mass is 9.91.